The Kier molecular flexibility index (Phi) is 7.54. The van der Waals surface area contributed by atoms with Crippen LogP contribution in [0.1, 0.15) is 17.1 Å². The maximum atomic E-state index is 12.7. The number of aromatic nitrogens is 4. The van der Waals surface area contributed by atoms with Gasteiger partial charge in [-0.15, -0.1) is 10.2 Å². The Morgan fingerprint density at radius 1 is 1.03 bits per heavy atom. The van der Waals surface area contributed by atoms with Crippen LogP contribution in [0.15, 0.2) is 72.0 Å². The van der Waals surface area contributed by atoms with E-state index in [9.17, 15) is 4.79 Å². The number of anilines is 1. The van der Waals surface area contributed by atoms with Crippen molar-refractivity contribution < 1.29 is 14.3 Å². The summed E-state index contributed by atoms with van der Waals surface area (Å²) >= 11 is 1.35. The van der Waals surface area contributed by atoms with Crippen molar-refractivity contribution in [2.24, 2.45) is 7.05 Å². The number of rotatable bonds is 10. The number of methoxy groups -OCH3 is 2. The number of ether oxygens (including phenoxy) is 2. The maximum absolute atomic E-state index is 12.7. The lowest BCUT2D eigenvalue weighted by atomic mass is 10.2. The second kappa shape index (κ2) is 10.9. The van der Waals surface area contributed by atoms with Crippen molar-refractivity contribution in [3.63, 3.8) is 0 Å². The Morgan fingerprint density at radius 3 is 2.56 bits per heavy atom. The van der Waals surface area contributed by atoms with Crippen LogP contribution >= 0.6 is 11.8 Å². The number of nitrogens with zero attached hydrogens (tertiary/aromatic N) is 4. The third-order valence-corrected chi connectivity index (χ3v) is 6.35. The Bertz CT molecular complexity index is 1250. The van der Waals surface area contributed by atoms with Gasteiger partial charge < -0.3 is 23.9 Å². The molecule has 0 fully saturated rings. The molecule has 0 unspecified atom stereocenters. The van der Waals surface area contributed by atoms with E-state index in [-0.39, 0.29) is 11.7 Å². The van der Waals surface area contributed by atoms with Gasteiger partial charge in [0.25, 0.3) is 0 Å². The van der Waals surface area contributed by atoms with Gasteiger partial charge in [0, 0.05) is 31.4 Å². The number of thioether (sulfide) groups is 1. The minimum Gasteiger partial charge on any atom is -0.497 e. The molecule has 0 saturated heterocycles. The predicted octanol–water partition coefficient (Wildman–Crippen LogP) is 4.00. The van der Waals surface area contributed by atoms with Crippen LogP contribution in [0.3, 0.4) is 0 Å². The minimum atomic E-state index is -0.171. The van der Waals surface area contributed by atoms with E-state index in [1.165, 1.54) is 11.8 Å². The number of hydrogen-bond acceptors (Lipinski definition) is 6. The second-order valence-corrected chi connectivity index (χ2v) is 8.60. The Morgan fingerprint density at radius 2 is 1.85 bits per heavy atom. The normalized spacial score (nSPS) is 10.8. The molecule has 0 bridgehead atoms. The lowest BCUT2D eigenvalue weighted by molar-refractivity contribution is -0.113. The SMILES string of the molecule is COc1ccc(OC)c(NC(=O)CSc2nnc(Cc3cccn3C)n2Cc2ccccc2)c1. The van der Waals surface area contributed by atoms with Gasteiger partial charge in [-0.2, -0.15) is 0 Å². The molecule has 0 spiro atoms. The van der Waals surface area contributed by atoms with E-state index in [1.807, 2.05) is 37.5 Å². The fourth-order valence-electron chi connectivity index (χ4n) is 3.55. The number of nitrogens with one attached hydrogen (secondary N) is 1. The third kappa shape index (κ3) is 5.60. The highest BCUT2D eigenvalue weighted by Crippen LogP contribution is 2.29. The van der Waals surface area contributed by atoms with Crippen LogP contribution in [-0.2, 0) is 24.8 Å². The largest absolute Gasteiger partial charge is 0.497 e. The van der Waals surface area contributed by atoms with Crippen molar-refractivity contribution in [3.8, 4) is 11.5 Å². The van der Waals surface area contributed by atoms with E-state index < -0.39 is 0 Å². The monoisotopic (exact) mass is 477 g/mol. The van der Waals surface area contributed by atoms with E-state index in [4.69, 9.17) is 9.47 Å². The van der Waals surface area contributed by atoms with Crippen molar-refractivity contribution in [1.29, 1.82) is 0 Å². The standard InChI is InChI=1S/C25H27N5O3S/c1-29-13-7-10-19(29)14-23-27-28-25(30(23)16-18-8-5-4-6-9-18)34-17-24(31)26-21-15-20(32-2)11-12-22(21)33-3/h4-13,15H,14,16-17H2,1-3H3,(H,26,31). The summed E-state index contributed by atoms with van der Waals surface area (Å²) in [5.74, 6) is 2.06. The topological polar surface area (TPSA) is 83.2 Å². The molecule has 0 radical (unpaired) electrons. The van der Waals surface area contributed by atoms with Crippen LogP contribution in [0, 0.1) is 0 Å². The van der Waals surface area contributed by atoms with Gasteiger partial charge >= 0.3 is 0 Å². The lowest BCUT2D eigenvalue weighted by Crippen LogP contribution is -2.16. The van der Waals surface area contributed by atoms with Gasteiger partial charge in [-0.1, -0.05) is 42.1 Å². The Hall–Kier alpha value is -3.72. The Balaban J connectivity index is 1.51. The van der Waals surface area contributed by atoms with E-state index in [0.717, 1.165) is 17.1 Å². The molecule has 0 atom stereocenters. The van der Waals surface area contributed by atoms with Gasteiger partial charge in [0.15, 0.2) is 5.16 Å². The second-order valence-electron chi connectivity index (χ2n) is 7.66. The van der Waals surface area contributed by atoms with Gasteiger partial charge in [0.05, 0.1) is 32.2 Å². The van der Waals surface area contributed by atoms with E-state index in [1.54, 1.807) is 32.4 Å². The molecule has 0 aliphatic carbocycles. The summed E-state index contributed by atoms with van der Waals surface area (Å²) < 4.78 is 14.8. The zero-order valence-electron chi connectivity index (χ0n) is 19.4. The van der Waals surface area contributed by atoms with Crippen molar-refractivity contribution in [1.82, 2.24) is 19.3 Å². The predicted molar refractivity (Wildman–Crippen MR) is 133 cm³/mol. The quantitative estimate of drug-likeness (QED) is 0.348. The number of amides is 1. The summed E-state index contributed by atoms with van der Waals surface area (Å²) in [6.07, 6.45) is 2.66. The van der Waals surface area contributed by atoms with Crippen LogP contribution in [-0.4, -0.2) is 45.2 Å². The number of benzene rings is 2. The van der Waals surface area contributed by atoms with Crippen LogP contribution in [0.25, 0.3) is 0 Å². The maximum Gasteiger partial charge on any atom is 0.234 e. The van der Waals surface area contributed by atoms with Crippen molar-refractivity contribution in [3.05, 3.63) is 83.9 Å². The zero-order valence-corrected chi connectivity index (χ0v) is 20.2. The summed E-state index contributed by atoms with van der Waals surface area (Å²) in [5.41, 5.74) is 2.84. The first-order chi connectivity index (χ1) is 16.6. The Labute approximate surface area is 202 Å². The van der Waals surface area contributed by atoms with Crippen molar-refractivity contribution in [2.75, 3.05) is 25.3 Å². The van der Waals surface area contributed by atoms with Crippen molar-refractivity contribution >= 4 is 23.4 Å². The van der Waals surface area contributed by atoms with Gasteiger partial charge in [0.2, 0.25) is 5.91 Å². The van der Waals surface area contributed by atoms with Gasteiger partial charge in [0.1, 0.15) is 17.3 Å². The highest BCUT2D eigenvalue weighted by molar-refractivity contribution is 7.99. The van der Waals surface area contributed by atoms with Crippen LogP contribution < -0.4 is 14.8 Å². The van der Waals surface area contributed by atoms with Crippen LogP contribution in [0.5, 0.6) is 11.5 Å². The summed E-state index contributed by atoms with van der Waals surface area (Å²) in [4.78, 5) is 12.7. The molecule has 0 aliphatic heterocycles. The van der Waals surface area contributed by atoms with Crippen LogP contribution in [0.2, 0.25) is 0 Å². The molecule has 4 rings (SSSR count). The molecular formula is C25H27N5O3S. The summed E-state index contributed by atoms with van der Waals surface area (Å²) in [6, 6.07) is 19.5. The first-order valence-electron chi connectivity index (χ1n) is 10.8. The molecule has 4 aromatic rings. The summed E-state index contributed by atoms with van der Waals surface area (Å²) in [6.45, 7) is 0.626. The fraction of sp³-hybridized carbons (Fsp3) is 0.240. The highest BCUT2D eigenvalue weighted by Gasteiger charge is 2.17. The molecule has 2 aromatic carbocycles. The van der Waals surface area contributed by atoms with Crippen LogP contribution in [0.4, 0.5) is 5.69 Å². The molecule has 34 heavy (non-hydrogen) atoms. The average Bonchev–Trinajstić information content (AvgIpc) is 3.44. The third-order valence-electron chi connectivity index (χ3n) is 5.38. The zero-order chi connectivity index (χ0) is 23.9. The molecule has 176 valence electrons. The molecule has 2 aromatic heterocycles. The number of carbonyl (C=O) groups excluding carboxylic acids is 1. The molecule has 0 saturated carbocycles. The molecule has 0 aliphatic rings. The number of carbonyl (C=O) groups is 1. The number of hydrogen-bond donors (Lipinski definition) is 1. The fourth-order valence-corrected chi connectivity index (χ4v) is 4.31. The molecule has 1 N–H and O–H groups in total. The molecule has 8 nitrogen and oxygen atoms in total. The lowest BCUT2D eigenvalue weighted by Gasteiger charge is -2.12. The molecule has 2 heterocycles. The smallest absolute Gasteiger partial charge is 0.234 e. The van der Waals surface area contributed by atoms with E-state index in [2.05, 4.69) is 42.8 Å². The molecular weight excluding hydrogens is 450 g/mol. The van der Waals surface area contributed by atoms with E-state index in [0.29, 0.717) is 35.3 Å². The first-order valence-corrected chi connectivity index (χ1v) is 11.8. The van der Waals surface area contributed by atoms with Gasteiger partial charge in [-0.25, -0.2) is 0 Å². The first kappa shape index (κ1) is 23.4. The van der Waals surface area contributed by atoms with E-state index >= 15 is 0 Å². The molecule has 9 heteroatoms. The average molecular weight is 478 g/mol. The highest BCUT2D eigenvalue weighted by atomic mass is 32.2. The summed E-state index contributed by atoms with van der Waals surface area (Å²) in [7, 11) is 5.16. The van der Waals surface area contributed by atoms with Gasteiger partial charge in [-0.3, -0.25) is 4.79 Å². The van der Waals surface area contributed by atoms with Gasteiger partial charge in [-0.05, 0) is 29.8 Å². The molecule has 1 amide bonds. The number of aryl methyl sites for hydroxylation is 1. The van der Waals surface area contributed by atoms with Crippen molar-refractivity contribution in [2.45, 2.75) is 18.1 Å². The summed E-state index contributed by atoms with van der Waals surface area (Å²) in [5, 5.41) is 12.5. The minimum absolute atomic E-state index is 0.171.